The van der Waals surface area contributed by atoms with Gasteiger partial charge in [-0.05, 0) is 61.2 Å². The SMILES string of the molecule is CC1(C)C2CN(C(=O)[C@@H](NC(=O)C(F)(F)F)C3(C)CC3)C(C(=O)N[C@@H](C[C@@H]3CC4(CC4)NC3=O)C(N)=O)C21. The van der Waals surface area contributed by atoms with Gasteiger partial charge in [0, 0.05) is 18.0 Å². The highest BCUT2D eigenvalue weighted by atomic mass is 19.4. The van der Waals surface area contributed by atoms with Gasteiger partial charge in [-0.25, -0.2) is 0 Å². The molecule has 5 rings (SSSR count). The number of nitrogens with two attached hydrogens (primary N) is 1. The number of hydrogen-bond acceptors (Lipinski definition) is 5. The van der Waals surface area contributed by atoms with Crippen LogP contribution in [0.25, 0.3) is 0 Å². The molecule has 13 heteroatoms. The second kappa shape index (κ2) is 8.32. The normalized spacial score (nSPS) is 32.6. The number of nitrogens with zero attached hydrogens (tertiary/aromatic N) is 1. The maximum absolute atomic E-state index is 13.6. The van der Waals surface area contributed by atoms with E-state index in [2.05, 4.69) is 10.6 Å². The number of nitrogens with one attached hydrogen (secondary N) is 3. The first-order chi connectivity index (χ1) is 17.5. The molecule has 5 amide bonds. The zero-order chi connectivity index (χ0) is 28.0. The molecule has 2 heterocycles. The van der Waals surface area contributed by atoms with Crippen molar-refractivity contribution in [2.24, 2.45) is 34.3 Å². The van der Waals surface area contributed by atoms with Crippen LogP contribution in [0.15, 0.2) is 0 Å². The van der Waals surface area contributed by atoms with Crippen LogP contribution in [-0.4, -0.2) is 70.8 Å². The standard InChI is InChI=1S/C25H34F3N5O5/c1-22(2)12-10-33(20(37)16(23(3)4-5-23)31-21(38)25(26,27)28)15(14(12)22)19(36)30-13(17(29)34)8-11-9-24(6-7-24)32-18(11)35/h11-16H,4-10H2,1-3H3,(H2,29,34)(H,30,36)(H,31,38)(H,32,35)/t11-,12?,13+,14?,15?,16-/m1/s1. The first-order valence-electron chi connectivity index (χ1n) is 13.1. The number of piperidine rings is 1. The van der Waals surface area contributed by atoms with Crippen LogP contribution in [0.2, 0.25) is 0 Å². The number of hydrogen-bond donors (Lipinski definition) is 4. The number of halogens is 3. The number of fused-ring (bicyclic) bond motifs is 1. The van der Waals surface area contributed by atoms with Gasteiger partial charge in [0.2, 0.25) is 23.6 Å². The third-order valence-electron chi connectivity index (χ3n) is 9.71. The van der Waals surface area contributed by atoms with Gasteiger partial charge < -0.3 is 26.6 Å². The quantitative estimate of drug-likeness (QED) is 0.350. The van der Waals surface area contributed by atoms with Crippen LogP contribution >= 0.6 is 0 Å². The van der Waals surface area contributed by atoms with Crippen LogP contribution in [0.5, 0.6) is 0 Å². The summed E-state index contributed by atoms with van der Waals surface area (Å²) in [5, 5.41) is 7.44. The van der Waals surface area contributed by atoms with E-state index in [0.717, 1.165) is 12.8 Å². The summed E-state index contributed by atoms with van der Waals surface area (Å²) in [5.41, 5.74) is 4.22. The fourth-order valence-corrected chi connectivity index (χ4v) is 6.65. The number of rotatable bonds is 8. The lowest BCUT2D eigenvalue weighted by atomic mass is 9.93. The first kappa shape index (κ1) is 26.7. The lowest BCUT2D eigenvalue weighted by Crippen LogP contribution is -2.60. The summed E-state index contributed by atoms with van der Waals surface area (Å²) in [6.07, 6.45) is -1.93. The van der Waals surface area contributed by atoms with Crippen molar-refractivity contribution in [3.8, 4) is 0 Å². The van der Waals surface area contributed by atoms with E-state index < -0.39 is 59.3 Å². The minimum Gasteiger partial charge on any atom is -0.368 e. The predicted octanol–water partition coefficient (Wildman–Crippen LogP) is 0.346. The molecule has 3 aliphatic carbocycles. The monoisotopic (exact) mass is 541 g/mol. The van der Waals surface area contributed by atoms with E-state index >= 15 is 0 Å². The van der Waals surface area contributed by atoms with Crippen LogP contribution in [0.3, 0.4) is 0 Å². The summed E-state index contributed by atoms with van der Waals surface area (Å²) < 4.78 is 39.1. The molecule has 0 bridgehead atoms. The molecule has 1 spiro atoms. The molecule has 5 aliphatic rings. The third kappa shape index (κ3) is 4.51. The number of amides is 5. The highest BCUT2D eigenvalue weighted by Gasteiger charge is 2.70. The van der Waals surface area contributed by atoms with Crippen molar-refractivity contribution in [1.29, 1.82) is 0 Å². The van der Waals surface area contributed by atoms with Crippen molar-refractivity contribution in [2.45, 2.75) is 89.1 Å². The molecule has 6 atom stereocenters. The lowest BCUT2D eigenvalue weighted by Gasteiger charge is -2.35. The highest BCUT2D eigenvalue weighted by molar-refractivity contribution is 5.96. The second-order valence-electron chi connectivity index (χ2n) is 12.8. The molecule has 0 aromatic carbocycles. The van der Waals surface area contributed by atoms with Gasteiger partial charge >= 0.3 is 12.1 Å². The smallest absolute Gasteiger partial charge is 0.368 e. The van der Waals surface area contributed by atoms with E-state index in [4.69, 9.17) is 5.73 Å². The zero-order valence-electron chi connectivity index (χ0n) is 21.6. The molecular formula is C25H34F3N5O5. The van der Waals surface area contributed by atoms with E-state index in [-0.39, 0.29) is 41.7 Å². The summed E-state index contributed by atoms with van der Waals surface area (Å²) in [7, 11) is 0. The van der Waals surface area contributed by atoms with Crippen molar-refractivity contribution in [3.63, 3.8) is 0 Å². The fraction of sp³-hybridized carbons (Fsp3) is 0.800. The van der Waals surface area contributed by atoms with Gasteiger partial charge in [-0.2, -0.15) is 13.2 Å². The Morgan fingerprint density at radius 3 is 2.24 bits per heavy atom. The molecule has 10 nitrogen and oxygen atoms in total. The van der Waals surface area contributed by atoms with Gasteiger partial charge in [0.15, 0.2) is 0 Å². The molecule has 0 radical (unpaired) electrons. The number of carbonyl (C=O) groups excluding carboxylic acids is 5. The van der Waals surface area contributed by atoms with E-state index in [9.17, 15) is 37.1 Å². The molecule has 0 aromatic rings. The minimum atomic E-state index is -5.16. The highest BCUT2D eigenvalue weighted by Crippen LogP contribution is 2.65. The van der Waals surface area contributed by atoms with E-state index in [1.54, 1.807) is 6.92 Å². The van der Waals surface area contributed by atoms with Crippen LogP contribution in [0.4, 0.5) is 13.2 Å². The molecule has 3 unspecified atom stereocenters. The summed E-state index contributed by atoms with van der Waals surface area (Å²) >= 11 is 0. The van der Waals surface area contributed by atoms with Crippen molar-refractivity contribution in [3.05, 3.63) is 0 Å². The summed E-state index contributed by atoms with van der Waals surface area (Å²) in [4.78, 5) is 64.9. The Morgan fingerprint density at radius 2 is 1.74 bits per heavy atom. The molecule has 5 fully saturated rings. The Morgan fingerprint density at radius 1 is 1.11 bits per heavy atom. The molecule has 38 heavy (non-hydrogen) atoms. The first-order valence-corrected chi connectivity index (χ1v) is 13.1. The Hall–Kier alpha value is -2.86. The van der Waals surface area contributed by atoms with Gasteiger partial charge in [0.1, 0.15) is 18.1 Å². The van der Waals surface area contributed by atoms with Crippen LogP contribution in [-0.2, 0) is 24.0 Å². The van der Waals surface area contributed by atoms with Crippen LogP contribution < -0.4 is 21.7 Å². The average Bonchev–Trinajstić information content (AvgIpc) is 3.73. The number of alkyl halides is 3. The predicted molar refractivity (Wildman–Crippen MR) is 126 cm³/mol. The number of primary amides is 1. The summed E-state index contributed by atoms with van der Waals surface area (Å²) in [6, 6.07) is -3.62. The molecule has 0 aromatic heterocycles. The largest absolute Gasteiger partial charge is 0.471 e. The number of likely N-dealkylation sites (tertiary alicyclic amines) is 1. The third-order valence-corrected chi connectivity index (χ3v) is 9.71. The van der Waals surface area contributed by atoms with Crippen molar-refractivity contribution < 1.29 is 37.1 Å². The Kier molecular flexibility index (Phi) is 5.85. The molecule has 5 N–H and O–H groups in total. The van der Waals surface area contributed by atoms with Gasteiger partial charge in [0.05, 0.1) is 0 Å². The minimum absolute atomic E-state index is 0.0230. The van der Waals surface area contributed by atoms with Crippen LogP contribution in [0, 0.1) is 28.6 Å². The van der Waals surface area contributed by atoms with Crippen molar-refractivity contribution in [2.75, 3.05) is 6.54 Å². The Labute approximate surface area is 218 Å². The van der Waals surface area contributed by atoms with E-state index in [1.807, 2.05) is 19.2 Å². The number of carbonyl (C=O) groups is 5. The van der Waals surface area contributed by atoms with Crippen molar-refractivity contribution >= 4 is 29.5 Å². The maximum atomic E-state index is 13.6. The van der Waals surface area contributed by atoms with Gasteiger partial charge in [0.25, 0.3) is 0 Å². The van der Waals surface area contributed by atoms with Gasteiger partial charge in [-0.15, -0.1) is 0 Å². The lowest BCUT2D eigenvalue weighted by molar-refractivity contribution is -0.176. The topological polar surface area (TPSA) is 151 Å². The molecule has 2 saturated heterocycles. The van der Waals surface area contributed by atoms with Gasteiger partial charge in [-0.3, -0.25) is 24.0 Å². The molecule has 3 saturated carbocycles. The maximum Gasteiger partial charge on any atom is 0.471 e. The molecule has 2 aliphatic heterocycles. The molecule has 210 valence electrons. The zero-order valence-corrected chi connectivity index (χ0v) is 21.6. The Balaban J connectivity index is 1.33. The second-order valence-corrected chi connectivity index (χ2v) is 12.8. The Bertz CT molecular complexity index is 1100. The molecular weight excluding hydrogens is 507 g/mol. The van der Waals surface area contributed by atoms with E-state index in [1.165, 1.54) is 4.90 Å². The van der Waals surface area contributed by atoms with Crippen molar-refractivity contribution in [1.82, 2.24) is 20.9 Å². The van der Waals surface area contributed by atoms with Crippen LogP contribution in [0.1, 0.15) is 59.3 Å². The summed E-state index contributed by atoms with van der Waals surface area (Å²) in [6.45, 7) is 5.67. The van der Waals surface area contributed by atoms with Gasteiger partial charge in [-0.1, -0.05) is 20.8 Å². The summed E-state index contributed by atoms with van der Waals surface area (Å²) in [5.74, 6) is -5.40. The average molecular weight is 542 g/mol. The fourth-order valence-electron chi connectivity index (χ4n) is 6.65. The van der Waals surface area contributed by atoms with E-state index in [0.29, 0.717) is 19.3 Å².